The van der Waals surface area contributed by atoms with Gasteiger partial charge in [-0.15, -0.1) is 14.2 Å². The van der Waals surface area contributed by atoms with Crippen molar-refractivity contribution in [3.05, 3.63) is 84.5 Å². The van der Waals surface area contributed by atoms with Crippen LogP contribution < -0.4 is 47.3 Å². The Hall–Kier alpha value is -6.51. The Labute approximate surface area is 307 Å². The zero-order valence-electron chi connectivity index (χ0n) is 30.1. The van der Waals surface area contributed by atoms with Gasteiger partial charge in [0.15, 0.2) is 17.2 Å². The van der Waals surface area contributed by atoms with Crippen molar-refractivity contribution in [1.29, 1.82) is 0 Å². The quantitative estimate of drug-likeness (QED) is 0.0569. The van der Waals surface area contributed by atoms with E-state index < -0.39 is 57.7 Å². The summed E-state index contributed by atoms with van der Waals surface area (Å²) in [4.78, 5) is 92.6. The second-order valence-corrected chi connectivity index (χ2v) is 11.6. The molecular formula is C33H44N8O13. The lowest BCUT2D eigenvalue weighted by Gasteiger charge is -2.31. The molecular weight excluding hydrogens is 716 g/mol. The number of rotatable bonds is 20. The Bertz CT molecular complexity index is 2010. The van der Waals surface area contributed by atoms with Crippen LogP contribution >= 0.6 is 0 Å². The molecule has 1 unspecified atom stereocenters. The smallest absolute Gasteiger partial charge is 0.325 e. The number of nitrogens with two attached hydrogens (primary N) is 1. The highest BCUT2D eigenvalue weighted by Crippen LogP contribution is 2.16. The van der Waals surface area contributed by atoms with Crippen LogP contribution in [0.15, 0.2) is 50.8 Å². The minimum Gasteiger partial charge on any atom is -0.491 e. The van der Waals surface area contributed by atoms with Crippen molar-refractivity contribution in [1.82, 2.24) is 34.6 Å². The molecule has 0 aliphatic heterocycles. The van der Waals surface area contributed by atoms with Crippen molar-refractivity contribution < 1.29 is 49.0 Å². The molecule has 54 heavy (non-hydrogen) atoms. The molecule has 0 bridgehead atoms. The van der Waals surface area contributed by atoms with Crippen molar-refractivity contribution in [2.75, 3.05) is 61.1 Å². The van der Waals surface area contributed by atoms with E-state index in [0.29, 0.717) is 13.0 Å². The lowest BCUT2D eigenvalue weighted by Crippen LogP contribution is -2.50. The molecule has 21 heteroatoms. The Morgan fingerprint density at radius 3 is 1.61 bits per heavy atom. The van der Waals surface area contributed by atoms with Crippen molar-refractivity contribution >= 4 is 23.6 Å². The summed E-state index contributed by atoms with van der Waals surface area (Å²) in [6.45, 7) is 0.238. The molecule has 3 aromatic heterocycles. The first-order valence-electron chi connectivity index (χ1n) is 16.5. The monoisotopic (exact) mass is 760 g/mol. The lowest BCUT2D eigenvalue weighted by atomic mass is 10.1. The number of primary amides is 1. The van der Waals surface area contributed by atoms with Crippen LogP contribution in [0.4, 0.5) is 0 Å². The fourth-order valence-electron chi connectivity index (χ4n) is 5.43. The topological polar surface area (TPSA) is 279 Å². The average molecular weight is 761 g/mol. The van der Waals surface area contributed by atoms with Crippen LogP contribution in [-0.2, 0) is 4.79 Å². The number of hydrogen-bond acceptors (Lipinski definition) is 14. The maximum Gasteiger partial charge on any atom is 0.325 e. The predicted molar refractivity (Wildman–Crippen MR) is 188 cm³/mol. The molecule has 3 rings (SSSR count). The zero-order valence-corrected chi connectivity index (χ0v) is 30.1. The first-order chi connectivity index (χ1) is 25.7. The number of carbonyl (C=O) groups is 4. The molecule has 0 aliphatic rings. The van der Waals surface area contributed by atoms with E-state index in [2.05, 4.69) is 10.6 Å². The summed E-state index contributed by atoms with van der Waals surface area (Å²) in [7, 11) is 5.34. The number of hydrogen-bond donors (Lipinski definition) is 6. The second kappa shape index (κ2) is 19.4. The summed E-state index contributed by atoms with van der Waals surface area (Å²) in [6.07, 6.45) is 0.370. The SMILES string of the molecule is CNCCCN(CCCC(C(N)=O)N(CCCNC(=O)c1ccc(OC)c(=O)n1O)C(=O)c1ccc(OC)c(=O)n1O)C(=O)c1ccc(OC)c(=O)n1O. The molecule has 1 atom stereocenters. The number of methoxy groups -OCH3 is 3. The van der Waals surface area contributed by atoms with Gasteiger partial charge in [-0.05, 0) is 75.7 Å². The van der Waals surface area contributed by atoms with E-state index in [1.165, 1.54) is 44.4 Å². The van der Waals surface area contributed by atoms with E-state index in [0.717, 1.165) is 23.1 Å². The molecule has 3 heterocycles. The third kappa shape index (κ3) is 9.67. The molecule has 0 aromatic carbocycles. The molecule has 0 spiro atoms. The van der Waals surface area contributed by atoms with Gasteiger partial charge < -0.3 is 56.0 Å². The fourth-order valence-corrected chi connectivity index (χ4v) is 5.43. The zero-order chi connectivity index (χ0) is 40.1. The Morgan fingerprint density at radius 1 is 0.685 bits per heavy atom. The summed E-state index contributed by atoms with van der Waals surface area (Å²) in [5.41, 5.74) is 1.51. The van der Waals surface area contributed by atoms with Gasteiger partial charge in [0.2, 0.25) is 5.91 Å². The third-order valence-electron chi connectivity index (χ3n) is 8.28. The fraction of sp³-hybridized carbons (Fsp3) is 0.424. The van der Waals surface area contributed by atoms with E-state index in [1.807, 2.05) is 0 Å². The molecule has 0 aliphatic carbocycles. The van der Waals surface area contributed by atoms with E-state index in [4.69, 9.17) is 19.9 Å². The number of pyridine rings is 3. The average Bonchev–Trinajstić information content (AvgIpc) is 3.15. The number of ether oxygens (including phenoxy) is 3. The molecule has 0 saturated carbocycles. The molecule has 0 saturated heterocycles. The summed E-state index contributed by atoms with van der Waals surface area (Å²) in [5.74, 6) is -4.19. The highest BCUT2D eigenvalue weighted by Gasteiger charge is 2.32. The van der Waals surface area contributed by atoms with Crippen molar-refractivity contribution in [3.63, 3.8) is 0 Å². The molecule has 4 amide bonds. The molecule has 0 radical (unpaired) electrons. The van der Waals surface area contributed by atoms with Crippen LogP contribution in [0.1, 0.15) is 57.1 Å². The number of aromatic nitrogens is 3. The van der Waals surface area contributed by atoms with E-state index in [1.54, 1.807) is 7.05 Å². The summed E-state index contributed by atoms with van der Waals surface area (Å²) in [5, 5.41) is 36.5. The maximum atomic E-state index is 13.9. The molecule has 7 N–H and O–H groups in total. The van der Waals surface area contributed by atoms with Gasteiger partial charge in [-0.2, -0.15) is 0 Å². The van der Waals surface area contributed by atoms with E-state index in [9.17, 15) is 49.2 Å². The van der Waals surface area contributed by atoms with Crippen LogP contribution in [0, 0.1) is 0 Å². The number of amides is 4. The standard InChI is InChI=1S/C33H44N8O13/c1-35-15-6-18-37(29(44)22-10-13-25(53-3)32(47)40(22)50)17-5-8-20(27(34)42)38(30(45)23-11-14-26(54-4)33(48)41(23)51)19-7-16-36-28(43)21-9-12-24(52-2)31(46)39(21)49/h9-14,20,35,49-51H,5-8,15-19H2,1-4H3,(H2,34,42)(H,36,43). The van der Waals surface area contributed by atoms with Crippen LogP contribution in [0.2, 0.25) is 0 Å². The minimum absolute atomic E-state index is 0.0252. The van der Waals surface area contributed by atoms with Gasteiger partial charge in [-0.3, -0.25) is 33.6 Å². The molecule has 3 aromatic rings. The third-order valence-corrected chi connectivity index (χ3v) is 8.28. The van der Waals surface area contributed by atoms with Gasteiger partial charge in [-0.1, -0.05) is 0 Å². The van der Waals surface area contributed by atoms with Crippen LogP contribution in [0.25, 0.3) is 0 Å². The molecule has 0 fully saturated rings. The van der Waals surface area contributed by atoms with Crippen LogP contribution in [0.3, 0.4) is 0 Å². The summed E-state index contributed by atoms with van der Waals surface area (Å²) >= 11 is 0. The van der Waals surface area contributed by atoms with E-state index >= 15 is 0 Å². The Kier molecular flexibility index (Phi) is 15.0. The lowest BCUT2D eigenvalue weighted by molar-refractivity contribution is -0.122. The minimum atomic E-state index is -1.37. The number of nitrogens with one attached hydrogen (secondary N) is 2. The predicted octanol–water partition coefficient (Wildman–Crippen LogP) is -1.44. The van der Waals surface area contributed by atoms with Gasteiger partial charge >= 0.3 is 16.7 Å². The first kappa shape index (κ1) is 41.9. The van der Waals surface area contributed by atoms with E-state index in [-0.39, 0.29) is 82.6 Å². The molecule has 294 valence electrons. The summed E-state index contributed by atoms with van der Waals surface area (Å²) < 4.78 is 15.0. The van der Waals surface area contributed by atoms with Crippen molar-refractivity contribution in [2.24, 2.45) is 5.73 Å². The van der Waals surface area contributed by atoms with Crippen LogP contribution in [0.5, 0.6) is 17.2 Å². The Morgan fingerprint density at radius 2 is 1.13 bits per heavy atom. The normalized spacial score (nSPS) is 11.3. The first-order valence-corrected chi connectivity index (χ1v) is 16.5. The van der Waals surface area contributed by atoms with Crippen molar-refractivity contribution in [3.8, 4) is 17.2 Å². The highest BCUT2D eigenvalue weighted by molar-refractivity contribution is 5.96. The number of carbonyl (C=O) groups excluding carboxylic acids is 4. The highest BCUT2D eigenvalue weighted by atomic mass is 16.5. The van der Waals surface area contributed by atoms with Gasteiger partial charge in [0.05, 0.1) is 21.3 Å². The van der Waals surface area contributed by atoms with Gasteiger partial charge in [0, 0.05) is 26.2 Å². The second-order valence-electron chi connectivity index (χ2n) is 11.6. The van der Waals surface area contributed by atoms with Crippen LogP contribution in [-0.4, -0.2) is 130 Å². The summed E-state index contributed by atoms with van der Waals surface area (Å²) in [6, 6.07) is 5.68. The van der Waals surface area contributed by atoms with Crippen molar-refractivity contribution in [2.45, 2.75) is 31.7 Å². The number of nitrogens with zero attached hydrogens (tertiary/aromatic N) is 5. The largest absolute Gasteiger partial charge is 0.491 e. The van der Waals surface area contributed by atoms with Gasteiger partial charge in [0.25, 0.3) is 17.7 Å². The Balaban J connectivity index is 1.87. The van der Waals surface area contributed by atoms with Gasteiger partial charge in [0.1, 0.15) is 23.1 Å². The molecule has 21 nitrogen and oxygen atoms in total. The maximum absolute atomic E-state index is 13.9. The van der Waals surface area contributed by atoms with Gasteiger partial charge in [-0.25, -0.2) is 0 Å².